The zero-order valence-corrected chi connectivity index (χ0v) is 37.2. The molecule has 2 heteroatoms. The highest BCUT2D eigenvalue weighted by Crippen LogP contribution is 2.55. The fraction of sp³-hybridized carbons (Fsp3) is 0.0968. The Morgan fingerprint density at radius 3 is 1.45 bits per heavy atom. The molecular formula is C62H45NS. The van der Waals surface area contributed by atoms with Gasteiger partial charge in [0.05, 0.1) is 5.69 Å². The molecule has 1 nitrogen and oxygen atoms in total. The third-order valence-corrected chi connectivity index (χ3v) is 15.8. The van der Waals surface area contributed by atoms with Gasteiger partial charge in [-0.15, -0.1) is 11.3 Å². The largest absolute Gasteiger partial charge is 0.310 e. The van der Waals surface area contributed by atoms with E-state index in [1.807, 2.05) is 11.3 Å². The first-order chi connectivity index (χ1) is 31.2. The van der Waals surface area contributed by atoms with E-state index in [2.05, 4.69) is 233 Å². The topological polar surface area (TPSA) is 3.24 Å². The first-order valence-corrected chi connectivity index (χ1v) is 23.3. The van der Waals surface area contributed by atoms with Crippen LogP contribution in [0.2, 0.25) is 0 Å². The van der Waals surface area contributed by atoms with Crippen molar-refractivity contribution in [2.24, 2.45) is 0 Å². The van der Waals surface area contributed by atoms with Gasteiger partial charge < -0.3 is 4.90 Å². The van der Waals surface area contributed by atoms with Gasteiger partial charge >= 0.3 is 0 Å². The van der Waals surface area contributed by atoms with Crippen molar-refractivity contribution in [3.8, 4) is 44.5 Å². The summed E-state index contributed by atoms with van der Waals surface area (Å²) in [6.45, 7) is 9.62. The van der Waals surface area contributed by atoms with Crippen molar-refractivity contribution in [2.75, 3.05) is 4.90 Å². The number of fused-ring (bicyclic) bond motifs is 12. The second-order valence-corrected chi connectivity index (χ2v) is 20.0. The van der Waals surface area contributed by atoms with Gasteiger partial charge in [0, 0.05) is 47.8 Å². The predicted octanol–water partition coefficient (Wildman–Crippen LogP) is 17.8. The Kier molecular flexibility index (Phi) is 7.94. The Morgan fingerprint density at radius 1 is 0.328 bits per heavy atom. The zero-order valence-electron chi connectivity index (χ0n) is 36.4. The van der Waals surface area contributed by atoms with Gasteiger partial charge in [0.2, 0.25) is 0 Å². The molecule has 0 N–H and O–H groups in total. The number of anilines is 3. The molecule has 304 valence electrons. The molecular weight excluding hydrogens is 791 g/mol. The molecule has 0 aliphatic heterocycles. The number of rotatable bonds is 5. The Balaban J connectivity index is 0.965. The molecule has 13 rings (SSSR count). The van der Waals surface area contributed by atoms with Gasteiger partial charge in [0.15, 0.2) is 0 Å². The average molecular weight is 836 g/mol. The van der Waals surface area contributed by atoms with Crippen LogP contribution in [0, 0.1) is 0 Å². The summed E-state index contributed by atoms with van der Waals surface area (Å²) in [6.07, 6.45) is 0. The molecule has 64 heavy (non-hydrogen) atoms. The number of benzene rings is 10. The van der Waals surface area contributed by atoms with Crippen LogP contribution in [-0.2, 0) is 10.8 Å². The number of thiophene rings is 1. The van der Waals surface area contributed by atoms with Crippen molar-refractivity contribution < 1.29 is 0 Å². The van der Waals surface area contributed by atoms with Crippen LogP contribution in [0.3, 0.4) is 0 Å². The lowest BCUT2D eigenvalue weighted by atomic mass is 9.81. The Hall–Kier alpha value is -7.26. The van der Waals surface area contributed by atoms with Crippen LogP contribution >= 0.6 is 11.3 Å². The molecule has 1 aromatic heterocycles. The highest BCUT2D eigenvalue weighted by atomic mass is 32.1. The fourth-order valence-corrected chi connectivity index (χ4v) is 12.4. The van der Waals surface area contributed by atoms with E-state index in [1.165, 1.54) is 114 Å². The molecule has 10 aromatic carbocycles. The number of hydrogen-bond donors (Lipinski definition) is 0. The normalized spacial score (nSPS) is 14.2. The summed E-state index contributed by atoms with van der Waals surface area (Å²) in [5.74, 6) is 0. The third kappa shape index (κ3) is 5.42. The van der Waals surface area contributed by atoms with Gasteiger partial charge in [-0.25, -0.2) is 0 Å². The second-order valence-electron chi connectivity index (χ2n) is 18.9. The van der Waals surface area contributed by atoms with Crippen molar-refractivity contribution in [3.63, 3.8) is 0 Å². The molecule has 1 heterocycles. The van der Waals surface area contributed by atoms with Crippen LogP contribution in [0.25, 0.3) is 86.2 Å². The maximum atomic E-state index is 2.54. The summed E-state index contributed by atoms with van der Waals surface area (Å²) in [4.78, 5) is 2.54. The van der Waals surface area contributed by atoms with Crippen LogP contribution in [-0.4, -0.2) is 0 Å². The van der Waals surface area contributed by atoms with Crippen LogP contribution in [0.5, 0.6) is 0 Å². The summed E-state index contributed by atoms with van der Waals surface area (Å²) in [6, 6.07) is 75.4. The summed E-state index contributed by atoms with van der Waals surface area (Å²) in [5.41, 5.74) is 18.9. The summed E-state index contributed by atoms with van der Waals surface area (Å²) >= 11 is 1.88. The molecule has 0 atom stereocenters. The first-order valence-electron chi connectivity index (χ1n) is 22.5. The maximum absolute atomic E-state index is 2.54. The predicted molar refractivity (Wildman–Crippen MR) is 275 cm³/mol. The standard InChI is InChI=1S/C62H45NS/c1-61(2)54-33-40(38-14-6-5-7-15-38)22-27-47(54)49-29-25-43(36-56(49)61)63(58-35-42-16-8-9-17-45(42)46-18-10-11-19-51(46)58)44-26-30-50-48-28-23-41(34-55(48)62(3,4)57(50)37-44)39-24-31-60-53(32-39)52-20-12-13-21-59(52)64-60/h5-37H,1-4H3. The van der Waals surface area contributed by atoms with Crippen LogP contribution in [0.4, 0.5) is 17.1 Å². The fourth-order valence-electron chi connectivity index (χ4n) is 11.3. The van der Waals surface area contributed by atoms with Crippen molar-refractivity contribution in [3.05, 3.63) is 222 Å². The minimum absolute atomic E-state index is 0.192. The molecule has 0 bridgehead atoms. The molecule has 0 fully saturated rings. The first kappa shape index (κ1) is 37.3. The lowest BCUT2D eigenvalue weighted by molar-refractivity contribution is 0.660. The summed E-state index contributed by atoms with van der Waals surface area (Å²) in [7, 11) is 0. The van der Waals surface area contributed by atoms with Crippen molar-refractivity contribution >= 4 is 70.1 Å². The quantitative estimate of drug-likeness (QED) is 0.156. The van der Waals surface area contributed by atoms with E-state index in [0.29, 0.717) is 0 Å². The Bertz CT molecular complexity index is 3740. The average Bonchev–Trinajstić information content (AvgIpc) is 3.90. The van der Waals surface area contributed by atoms with Crippen molar-refractivity contribution in [1.82, 2.24) is 0 Å². The van der Waals surface area contributed by atoms with Gasteiger partial charge in [-0.2, -0.15) is 0 Å². The van der Waals surface area contributed by atoms with Crippen LogP contribution < -0.4 is 4.90 Å². The molecule has 0 saturated carbocycles. The molecule has 0 spiro atoms. The van der Waals surface area contributed by atoms with E-state index in [4.69, 9.17) is 0 Å². The van der Waals surface area contributed by atoms with Crippen LogP contribution in [0.1, 0.15) is 49.9 Å². The van der Waals surface area contributed by atoms with E-state index < -0.39 is 0 Å². The van der Waals surface area contributed by atoms with E-state index >= 15 is 0 Å². The SMILES string of the molecule is CC1(C)c2cc(-c3ccccc3)ccc2-c2ccc(N(c3ccc4c(c3)C(C)(C)c3cc(-c5ccc6sc7ccccc7c6c5)ccc3-4)c3cc4ccccc4c4ccccc34)cc21. The zero-order chi connectivity index (χ0) is 42.9. The Labute approximate surface area is 378 Å². The van der Waals surface area contributed by atoms with E-state index in [-0.39, 0.29) is 10.8 Å². The van der Waals surface area contributed by atoms with E-state index in [9.17, 15) is 0 Å². The monoisotopic (exact) mass is 835 g/mol. The highest BCUT2D eigenvalue weighted by Gasteiger charge is 2.38. The lowest BCUT2D eigenvalue weighted by Crippen LogP contribution is -2.18. The molecule has 0 amide bonds. The third-order valence-electron chi connectivity index (χ3n) is 14.6. The summed E-state index contributed by atoms with van der Waals surface area (Å²) < 4.78 is 2.68. The smallest absolute Gasteiger partial charge is 0.0546 e. The molecule has 0 unspecified atom stereocenters. The number of hydrogen-bond acceptors (Lipinski definition) is 2. The highest BCUT2D eigenvalue weighted by molar-refractivity contribution is 7.25. The van der Waals surface area contributed by atoms with Gasteiger partial charge in [-0.05, 0) is 144 Å². The number of nitrogens with zero attached hydrogens (tertiary/aromatic N) is 1. The molecule has 2 aliphatic rings. The maximum Gasteiger partial charge on any atom is 0.0546 e. The van der Waals surface area contributed by atoms with E-state index in [0.717, 1.165) is 11.4 Å². The van der Waals surface area contributed by atoms with Gasteiger partial charge in [0.1, 0.15) is 0 Å². The molecule has 0 radical (unpaired) electrons. The van der Waals surface area contributed by atoms with Gasteiger partial charge in [0.25, 0.3) is 0 Å². The van der Waals surface area contributed by atoms with Crippen molar-refractivity contribution in [2.45, 2.75) is 38.5 Å². The van der Waals surface area contributed by atoms with Gasteiger partial charge in [-0.1, -0.05) is 167 Å². The minimum Gasteiger partial charge on any atom is -0.310 e. The minimum atomic E-state index is -0.217. The lowest BCUT2D eigenvalue weighted by Gasteiger charge is -2.31. The molecule has 2 aliphatic carbocycles. The van der Waals surface area contributed by atoms with Gasteiger partial charge in [-0.3, -0.25) is 0 Å². The van der Waals surface area contributed by atoms with Crippen molar-refractivity contribution in [1.29, 1.82) is 0 Å². The molecule has 0 saturated heterocycles. The summed E-state index contributed by atoms with van der Waals surface area (Å²) in [5, 5.41) is 7.68. The second kappa shape index (κ2) is 13.6. The molecule has 11 aromatic rings. The Morgan fingerprint density at radius 2 is 0.797 bits per heavy atom. The van der Waals surface area contributed by atoms with Crippen LogP contribution in [0.15, 0.2) is 200 Å². The van der Waals surface area contributed by atoms with E-state index in [1.54, 1.807) is 0 Å².